The Hall–Kier alpha value is -0.120. The third-order valence-corrected chi connectivity index (χ3v) is 4.85. The first kappa shape index (κ1) is 13.3. The summed E-state index contributed by atoms with van der Waals surface area (Å²) in [5.41, 5.74) is 6.43. The molecule has 3 nitrogen and oxygen atoms in total. The number of nitrogens with two attached hydrogens (primary N) is 1. The van der Waals surface area contributed by atoms with E-state index in [1.807, 2.05) is 7.11 Å². The highest BCUT2D eigenvalue weighted by molar-refractivity contribution is 5.03. The first-order chi connectivity index (χ1) is 8.26. The van der Waals surface area contributed by atoms with Gasteiger partial charge in [-0.3, -0.25) is 4.90 Å². The molecule has 1 saturated heterocycles. The molecule has 1 aliphatic carbocycles. The van der Waals surface area contributed by atoms with Gasteiger partial charge in [0.15, 0.2) is 0 Å². The fourth-order valence-electron chi connectivity index (χ4n) is 3.67. The summed E-state index contributed by atoms with van der Waals surface area (Å²) < 4.78 is 5.33. The predicted octanol–water partition coefficient (Wildman–Crippen LogP) is 1.86. The summed E-state index contributed by atoms with van der Waals surface area (Å²) in [6.07, 6.45) is 6.60. The number of methoxy groups -OCH3 is 1. The number of ether oxygens (including phenoxy) is 1. The molecule has 0 bridgehead atoms. The number of hydrogen-bond donors (Lipinski definition) is 1. The lowest BCUT2D eigenvalue weighted by Crippen LogP contribution is -2.58. The van der Waals surface area contributed by atoms with E-state index in [4.69, 9.17) is 10.5 Å². The van der Waals surface area contributed by atoms with Gasteiger partial charge in [0.2, 0.25) is 0 Å². The summed E-state index contributed by atoms with van der Waals surface area (Å²) in [5, 5.41) is 0. The van der Waals surface area contributed by atoms with Crippen LogP contribution in [0.5, 0.6) is 0 Å². The number of likely N-dealkylation sites (tertiary alicyclic amines) is 1. The Bertz CT molecular complexity index is 234. The molecule has 0 aromatic heterocycles. The summed E-state index contributed by atoms with van der Waals surface area (Å²) in [7, 11) is 1.82. The lowest BCUT2D eigenvalue weighted by molar-refractivity contribution is 0.00771. The van der Waals surface area contributed by atoms with Crippen molar-refractivity contribution in [1.29, 1.82) is 0 Å². The van der Waals surface area contributed by atoms with Gasteiger partial charge in [-0.15, -0.1) is 0 Å². The molecule has 1 aliphatic heterocycles. The Balaban J connectivity index is 2.02. The van der Waals surface area contributed by atoms with E-state index in [-0.39, 0.29) is 0 Å². The Kier molecular flexibility index (Phi) is 4.45. The monoisotopic (exact) mass is 240 g/mol. The number of hydrogen-bond acceptors (Lipinski definition) is 3. The maximum atomic E-state index is 6.14. The van der Waals surface area contributed by atoms with Crippen LogP contribution in [0.15, 0.2) is 0 Å². The smallest absolute Gasteiger partial charge is 0.0502 e. The molecule has 0 radical (unpaired) electrons. The maximum absolute atomic E-state index is 6.14. The van der Waals surface area contributed by atoms with Crippen LogP contribution in [-0.4, -0.2) is 43.8 Å². The average Bonchev–Trinajstić information content (AvgIpc) is 3.17. The summed E-state index contributed by atoms with van der Waals surface area (Å²) >= 11 is 0. The average molecular weight is 240 g/mol. The molecule has 0 aromatic carbocycles. The SMILES string of the molecule is CCC(CN)(C1CC1)N1CCCC(COC)C1. The normalized spacial score (nSPS) is 30.2. The van der Waals surface area contributed by atoms with Crippen molar-refractivity contribution in [2.75, 3.05) is 33.4 Å². The van der Waals surface area contributed by atoms with Crippen molar-refractivity contribution in [2.24, 2.45) is 17.6 Å². The third-order valence-electron chi connectivity index (χ3n) is 4.85. The maximum Gasteiger partial charge on any atom is 0.0502 e. The van der Waals surface area contributed by atoms with Gasteiger partial charge in [-0.1, -0.05) is 6.92 Å². The minimum Gasteiger partial charge on any atom is -0.384 e. The van der Waals surface area contributed by atoms with Gasteiger partial charge in [0.05, 0.1) is 6.61 Å². The second kappa shape index (κ2) is 5.68. The summed E-state index contributed by atoms with van der Waals surface area (Å²) in [6, 6.07) is 0. The molecule has 0 spiro atoms. The highest BCUT2D eigenvalue weighted by Gasteiger charge is 2.47. The molecule has 1 heterocycles. The van der Waals surface area contributed by atoms with Crippen LogP contribution in [0.1, 0.15) is 39.0 Å². The van der Waals surface area contributed by atoms with Gasteiger partial charge in [-0.05, 0) is 50.5 Å². The first-order valence-electron chi connectivity index (χ1n) is 7.21. The second-order valence-electron chi connectivity index (χ2n) is 5.85. The highest BCUT2D eigenvalue weighted by Crippen LogP contribution is 2.45. The third kappa shape index (κ3) is 2.67. The molecule has 0 aromatic rings. The van der Waals surface area contributed by atoms with E-state index >= 15 is 0 Å². The lowest BCUT2D eigenvalue weighted by Gasteiger charge is -2.47. The topological polar surface area (TPSA) is 38.5 Å². The molecule has 0 amide bonds. The molecule has 2 rings (SSSR count). The molecule has 3 heteroatoms. The Morgan fingerprint density at radius 3 is 2.65 bits per heavy atom. The Morgan fingerprint density at radius 2 is 2.12 bits per heavy atom. The highest BCUT2D eigenvalue weighted by atomic mass is 16.5. The van der Waals surface area contributed by atoms with Gasteiger partial charge in [0, 0.05) is 25.7 Å². The van der Waals surface area contributed by atoms with Crippen molar-refractivity contribution in [3.63, 3.8) is 0 Å². The first-order valence-corrected chi connectivity index (χ1v) is 7.21. The lowest BCUT2D eigenvalue weighted by atomic mass is 9.84. The van der Waals surface area contributed by atoms with Crippen molar-refractivity contribution in [3.05, 3.63) is 0 Å². The Labute approximate surface area is 106 Å². The van der Waals surface area contributed by atoms with Crippen LogP contribution in [0, 0.1) is 11.8 Å². The second-order valence-corrected chi connectivity index (χ2v) is 5.85. The minimum atomic E-state index is 0.298. The molecule has 2 unspecified atom stereocenters. The molecule has 100 valence electrons. The van der Waals surface area contributed by atoms with Crippen LogP contribution in [0.2, 0.25) is 0 Å². The van der Waals surface area contributed by atoms with Gasteiger partial charge in [0.1, 0.15) is 0 Å². The van der Waals surface area contributed by atoms with Crippen LogP contribution in [0.4, 0.5) is 0 Å². The predicted molar refractivity (Wildman–Crippen MR) is 71.0 cm³/mol. The van der Waals surface area contributed by atoms with Gasteiger partial charge >= 0.3 is 0 Å². The zero-order chi connectivity index (χ0) is 12.3. The molecule has 2 fully saturated rings. The summed E-state index contributed by atoms with van der Waals surface area (Å²) in [6.45, 7) is 6.47. The minimum absolute atomic E-state index is 0.298. The molecule has 2 aliphatic rings. The van der Waals surface area contributed by atoms with Gasteiger partial charge in [-0.2, -0.15) is 0 Å². The van der Waals surface area contributed by atoms with E-state index in [2.05, 4.69) is 11.8 Å². The molecular weight excluding hydrogens is 212 g/mol. The van der Waals surface area contributed by atoms with E-state index < -0.39 is 0 Å². The van der Waals surface area contributed by atoms with Crippen molar-refractivity contribution in [1.82, 2.24) is 4.90 Å². The van der Waals surface area contributed by atoms with Gasteiger partial charge in [-0.25, -0.2) is 0 Å². The zero-order valence-electron chi connectivity index (χ0n) is 11.5. The van der Waals surface area contributed by atoms with Crippen molar-refractivity contribution in [2.45, 2.75) is 44.6 Å². The molecule has 2 atom stereocenters. The number of piperidine rings is 1. The summed E-state index contributed by atoms with van der Waals surface area (Å²) in [4.78, 5) is 2.69. The van der Waals surface area contributed by atoms with Crippen molar-refractivity contribution in [3.8, 4) is 0 Å². The number of rotatable bonds is 6. The fraction of sp³-hybridized carbons (Fsp3) is 1.00. The van der Waals surface area contributed by atoms with Crippen molar-refractivity contribution < 1.29 is 4.74 Å². The zero-order valence-corrected chi connectivity index (χ0v) is 11.5. The van der Waals surface area contributed by atoms with Crippen LogP contribution >= 0.6 is 0 Å². The fourth-order valence-corrected chi connectivity index (χ4v) is 3.67. The standard InChI is InChI=1S/C14H28N2O/c1-3-14(11-15,13-6-7-13)16-8-4-5-12(9-16)10-17-2/h12-13H,3-11,15H2,1-2H3. The van der Waals surface area contributed by atoms with Gasteiger partial charge in [0.25, 0.3) is 0 Å². The van der Waals surface area contributed by atoms with Crippen LogP contribution in [0.25, 0.3) is 0 Å². The molecular formula is C14H28N2O. The van der Waals surface area contributed by atoms with Crippen LogP contribution < -0.4 is 5.73 Å². The van der Waals surface area contributed by atoms with Crippen molar-refractivity contribution >= 4 is 0 Å². The van der Waals surface area contributed by atoms with E-state index in [1.54, 1.807) is 0 Å². The molecule has 2 N–H and O–H groups in total. The van der Waals surface area contributed by atoms with Crippen LogP contribution in [0.3, 0.4) is 0 Å². The Morgan fingerprint density at radius 1 is 1.35 bits per heavy atom. The van der Waals surface area contributed by atoms with Gasteiger partial charge < -0.3 is 10.5 Å². The summed E-state index contributed by atoms with van der Waals surface area (Å²) in [5.74, 6) is 1.57. The molecule has 17 heavy (non-hydrogen) atoms. The quantitative estimate of drug-likeness (QED) is 0.770. The molecule has 1 saturated carbocycles. The van der Waals surface area contributed by atoms with E-state index in [0.29, 0.717) is 11.5 Å². The largest absolute Gasteiger partial charge is 0.384 e. The van der Waals surface area contributed by atoms with E-state index in [0.717, 1.165) is 19.1 Å². The van der Waals surface area contributed by atoms with Crippen LogP contribution in [-0.2, 0) is 4.74 Å². The van der Waals surface area contributed by atoms with E-state index in [9.17, 15) is 0 Å². The van der Waals surface area contributed by atoms with E-state index in [1.165, 1.54) is 45.2 Å². The number of nitrogens with zero attached hydrogens (tertiary/aromatic N) is 1.